The number of rotatable bonds is 6. The second kappa shape index (κ2) is 8.23. The fourth-order valence-electron chi connectivity index (χ4n) is 1.93. The highest BCUT2D eigenvalue weighted by Gasteiger charge is 1.98. The smallest absolute Gasteiger partial charge is 0.211 e. The number of hydrogen-bond acceptors (Lipinski definition) is 4. The standard InChI is InChI=1S/C17H19N7/c18-16(19)11-22-9-12-1-5-14(6-2-12)15-7-3-13(4-8-15)10-23-24-17(20)21/h1-10H,11H2,(H3,18,19)(H4,20,21,24)/b22-9?,23-10+. The first-order chi connectivity index (χ1) is 11.5. The van der Waals surface area contributed by atoms with Gasteiger partial charge >= 0.3 is 0 Å². The lowest BCUT2D eigenvalue weighted by Gasteiger charge is -2.03. The van der Waals surface area contributed by atoms with Crippen LogP contribution >= 0.6 is 0 Å². The summed E-state index contributed by atoms with van der Waals surface area (Å²) in [6.45, 7) is 0.213. The highest BCUT2D eigenvalue weighted by atomic mass is 15.3. The lowest BCUT2D eigenvalue weighted by molar-refractivity contribution is 1.21. The molecule has 0 aliphatic heterocycles. The molecule has 0 saturated carbocycles. The highest BCUT2D eigenvalue weighted by Crippen LogP contribution is 2.19. The number of guanidine groups is 1. The zero-order chi connectivity index (χ0) is 17.4. The van der Waals surface area contributed by atoms with Crippen LogP contribution in [-0.4, -0.2) is 30.8 Å². The fraction of sp³-hybridized carbons (Fsp3) is 0.0588. The van der Waals surface area contributed by atoms with Crippen LogP contribution in [-0.2, 0) is 0 Å². The summed E-state index contributed by atoms with van der Waals surface area (Å²) >= 11 is 0. The largest absolute Gasteiger partial charge is 0.386 e. The Hall–Kier alpha value is -3.48. The highest BCUT2D eigenvalue weighted by molar-refractivity contribution is 5.85. The quantitative estimate of drug-likeness (QED) is 0.362. The summed E-state index contributed by atoms with van der Waals surface area (Å²) in [6.07, 6.45) is 3.28. The van der Waals surface area contributed by atoms with Gasteiger partial charge in [0.25, 0.3) is 0 Å². The van der Waals surface area contributed by atoms with E-state index < -0.39 is 0 Å². The van der Waals surface area contributed by atoms with Crippen LogP contribution in [0.2, 0.25) is 0 Å². The Morgan fingerprint density at radius 1 is 0.833 bits per heavy atom. The van der Waals surface area contributed by atoms with Crippen LogP contribution in [0.1, 0.15) is 11.1 Å². The van der Waals surface area contributed by atoms with E-state index in [2.05, 4.69) is 15.2 Å². The maximum Gasteiger partial charge on any atom is 0.211 e. The van der Waals surface area contributed by atoms with Gasteiger partial charge in [-0.25, -0.2) is 0 Å². The molecule has 0 aliphatic rings. The predicted molar refractivity (Wildman–Crippen MR) is 99.7 cm³/mol. The molecule has 0 bridgehead atoms. The van der Waals surface area contributed by atoms with Gasteiger partial charge in [0.15, 0.2) is 0 Å². The Morgan fingerprint density at radius 2 is 1.33 bits per heavy atom. The summed E-state index contributed by atoms with van der Waals surface area (Å²) in [6, 6.07) is 15.8. The zero-order valence-corrected chi connectivity index (χ0v) is 13.1. The first kappa shape index (κ1) is 16.9. The summed E-state index contributed by atoms with van der Waals surface area (Å²) in [7, 11) is 0. The molecule has 0 aromatic heterocycles. The molecule has 0 fully saturated rings. The van der Waals surface area contributed by atoms with E-state index in [0.29, 0.717) is 0 Å². The summed E-state index contributed by atoms with van der Waals surface area (Å²) in [5.74, 6) is -0.0267. The van der Waals surface area contributed by atoms with Gasteiger partial charge < -0.3 is 17.2 Å². The molecule has 0 heterocycles. The van der Waals surface area contributed by atoms with Gasteiger partial charge in [-0.1, -0.05) is 48.5 Å². The van der Waals surface area contributed by atoms with Crippen LogP contribution in [0.3, 0.4) is 0 Å². The van der Waals surface area contributed by atoms with Gasteiger partial charge in [0, 0.05) is 6.21 Å². The van der Waals surface area contributed by atoms with Crippen molar-refractivity contribution in [3.8, 4) is 11.1 Å². The van der Waals surface area contributed by atoms with Crippen molar-refractivity contribution in [2.24, 2.45) is 32.4 Å². The summed E-state index contributed by atoms with van der Waals surface area (Å²) < 4.78 is 0. The third-order valence-electron chi connectivity index (χ3n) is 3.04. The normalized spacial score (nSPS) is 11.0. The molecule has 0 atom stereocenters. The second-order valence-corrected chi connectivity index (χ2v) is 5.01. The van der Waals surface area contributed by atoms with E-state index in [9.17, 15) is 0 Å². The van der Waals surface area contributed by atoms with Gasteiger partial charge in [-0.05, 0) is 22.3 Å². The van der Waals surface area contributed by atoms with Crippen molar-refractivity contribution in [2.45, 2.75) is 0 Å². The number of aliphatic imine (C=N–C) groups is 1. The van der Waals surface area contributed by atoms with Crippen molar-refractivity contribution in [1.82, 2.24) is 0 Å². The van der Waals surface area contributed by atoms with Gasteiger partial charge in [0.05, 0.1) is 12.8 Å². The van der Waals surface area contributed by atoms with E-state index in [0.717, 1.165) is 22.3 Å². The Morgan fingerprint density at radius 3 is 1.79 bits per heavy atom. The molecule has 7 nitrogen and oxygen atoms in total. The number of nitrogens with two attached hydrogens (primary N) is 3. The van der Waals surface area contributed by atoms with E-state index in [4.69, 9.17) is 22.6 Å². The minimum Gasteiger partial charge on any atom is -0.386 e. The minimum absolute atomic E-state index is 0.0475. The Labute approximate surface area is 140 Å². The van der Waals surface area contributed by atoms with Crippen LogP contribution in [0.15, 0.2) is 63.7 Å². The third-order valence-corrected chi connectivity index (χ3v) is 3.04. The van der Waals surface area contributed by atoms with Crippen molar-refractivity contribution >= 4 is 24.2 Å². The van der Waals surface area contributed by atoms with E-state index in [1.165, 1.54) is 0 Å². The molecule has 0 spiro atoms. The van der Waals surface area contributed by atoms with Crippen LogP contribution in [0.5, 0.6) is 0 Å². The molecule has 0 amide bonds. The van der Waals surface area contributed by atoms with Gasteiger partial charge in [0.2, 0.25) is 5.96 Å². The first-order valence-corrected chi connectivity index (χ1v) is 7.20. The Bertz CT molecular complexity index is 768. The van der Waals surface area contributed by atoms with Gasteiger partial charge in [-0.15, -0.1) is 5.10 Å². The minimum atomic E-state index is -0.0743. The zero-order valence-electron chi connectivity index (χ0n) is 13.1. The molecule has 24 heavy (non-hydrogen) atoms. The number of amidine groups is 1. The summed E-state index contributed by atoms with van der Waals surface area (Å²) in [5.41, 5.74) is 19.7. The molecule has 0 aliphatic carbocycles. The van der Waals surface area contributed by atoms with Crippen molar-refractivity contribution in [1.29, 1.82) is 5.41 Å². The number of nitrogens with zero attached hydrogens (tertiary/aromatic N) is 3. The maximum atomic E-state index is 7.12. The molecular weight excluding hydrogens is 302 g/mol. The molecule has 0 saturated heterocycles. The van der Waals surface area contributed by atoms with E-state index in [1.54, 1.807) is 12.4 Å². The molecule has 7 N–H and O–H groups in total. The third kappa shape index (κ3) is 5.38. The van der Waals surface area contributed by atoms with Gasteiger partial charge in [0.1, 0.15) is 5.84 Å². The first-order valence-electron chi connectivity index (χ1n) is 7.20. The van der Waals surface area contributed by atoms with Crippen molar-refractivity contribution < 1.29 is 0 Å². The van der Waals surface area contributed by atoms with Gasteiger partial charge in [-0.2, -0.15) is 5.10 Å². The second-order valence-electron chi connectivity index (χ2n) is 5.01. The molecule has 2 aromatic carbocycles. The Balaban J connectivity index is 2.06. The SMILES string of the molecule is N=C(N)CN=Cc1ccc(-c2ccc(/C=N/N=C(N)N)cc2)cc1. The molecule has 122 valence electrons. The van der Waals surface area contributed by atoms with Gasteiger partial charge in [-0.3, -0.25) is 10.4 Å². The lowest BCUT2D eigenvalue weighted by Crippen LogP contribution is -2.21. The van der Waals surface area contributed by atoms with Crippen molar-refractivity contribution in [3.63, 3.8) is 0 Å². The van der Waals surface area contributed by atoms with E-state index in [-0.39, 0.29) is 18.3 Å². The van der Waals surface area contributed by atoms with Crippen LogP contribution in [0, 0.1) is 5.41 Å². The molecule has 2 aromatic rings. The van der Waals surface area contributed by atoms with Crippen LogP contribution < -0.4 is 17.2 Å². The number of benzene rings is 2. The average molecular weight is 321 g/mol. The number of hydrogen-bond donors (Lipinski definition) is 4. The topological polar surface area (TPSA) is 139 Å². The Kier molecular flexibility index (Phi) is 5.79. The van der Waals surface area contributed by atoms with E-state index >= 15 is 0 Å². The van der Waals surface area contributed by atoms with Crippen molar-refractivity contribution in [3.05, 3.63) is 59.7 Å². The van der Waals surface area contributed by atoms with Crippen LogP contribution in [0.25, 0.3) is 11.1 Å². The molecule has 2 rings (SSSR count). The van der Waals surface area contributed by atoms with E-state index in [1.807, 2.05) is 48.5 Å². The monoisotopic (exact) mass is 321 g/mol. The lowest BCUT2D eigenvalue weighted by atomic mass is 10.0. The molecule has 0 unspecified atom stereocenters. The molecular formula is C17H19N7. The number of nitrogens with one attached hydrogen (secondary N) is 1. The predicted octanol–water partition coefficient (Wildman–Crippen LogP) is 1.32. The summed E-state index contributed by atoms with van der Waals surface area (Å²) in [5, 5.41) is 14.4. The average Bonchev–Trinajstić information content (AvgIpc) is 2.56. The van der Waals surface area contributed by atoms with Crippen LogP contribution in [0.4, 0.5) is 0 Å². The van der Waals surface area contributed by atoms with Crippen molar-refractivity contribution in [2.75, 3.05) is 6.54 Å². The molecule has 7 heteroatoms. The molecule has 0 radical (unpaired) electrons. The summed E-state index contributed by atoms with van der Waals surface area (Å²) in [4.78, 5) is 4.08. The fourth-order valence-corrected chi connectivity index (χ4v) is 1.93. The maximum absolute atomic E-state index is 7.12.